The van der Waals surface area contributed by atoms with Gasteiger partial charge in [0.25, 0.3) is 0 Å². The lowest BCUT2D eigenvalue weighted by Gasteiger charge is -2.22. The molecule has 1 amide bonds. The van der Waals surface area contributed by atoms with E-state index in [9.17, 15) is 4.79 Å². The minimum atomic E-state index is -0.0262. The number of carbonyl (C=O) groups is 1. The number of amides is 1. The van der Waals surface area contributed by atoms with E-state index in [0.717, 1.165) is 19.5 Å². The van der Waals surface area contributed by atoms with Gasteiger partial charge in [0, 0.05) is 19.1 Å². The Labute approximate surface area is 105 Å². The molecule has 3 N–H and O–H groups in total. The summed E-state index contributed by atoms with van der Waals surface area (Å²) in [7, 11) is 2.12. The van der Waals surface area contributed by atoms with E-state index in [1.807, 2.05) is 0 Å². The highest BCUT2D eigenvalue weighted by Crippen LogP contribution is 2.14. The Kier molecular flexibility index (Phi) is 5.92. The van der Waals surface area contributed by atoms with Crippen LogP contribution in [0.4, 0.5) is 0 Å². The van der Waals surface area contributed by atoms with E-state index in [1.54, 1.807) is 0 Å². The van der Waals surface area contributed by atoms with E-state index in [4.69, 9.17) is 5.73 Å². The number of nitrogens with zero attached hydrogens (tertiary/aromatic N) is 1. The minimum Gasteiger partial charge on any atom is -0.354 e. The monoisotopic (exact) mass is 241 g/mol. The average Bonchev–Trinajstić information content (AvgIpc) is 2.68. The Morgan fingerprint density at radius 1 is 1.53 bits per heavy atom. The molecule has 0 aromatic rings. The van der Waals surface area contributed by atoms with Gasteiger partial charge in [-0.3, -0.25) is 4.79 Å². The van der Waals surface area contributed by atoms with E-state index < -0.39 is 0 Å². The fraction of sp³-hybridized carbons (Fsp3) is 0.923. The third kappa shape index (κ3) is 4.64. The van der Waals surface area contributed by atoms with E-state index in [2.05, 4.69) is 31.1 Å². The number of hydrogen-bond acceptors (Lipinski definition) is 3. The van der Waals surface area contributed by atoms with Crippen LogP contribution in [-0.2, 0) is 4.79 Å². The van der Waals surface area contributed by atoms with E-state index >= 15 is 0 Å². The van der Waals surface area contributed by atoms with Gasteiger partial charge in [0.05, 0.1) is 5.92 Å². The lowest BCUT2D eigenvalue weighted by molar-refractivity contribution is -0.125. The normalized spacial score (nSPS) is 23.0. The summed E-state index contributed by atoms with van der Waals surface area (Å²) in [5.74, 6) is 0.617. The summed E-state index contributed by atoms with van der Waals surface area (Å²) in [6, 6.07) is 0.511. The molecule has 0 aromatic heterocycles. The number of nitrogens with two attached hydrogens (primary N) is 1. The molecule has 1 aliphatic heterocycles. The zero-order valence-electron chi connectivity index (χ0n) is 11.4. The molecular weight excluding hydrogens is 214 g/mol. The smallest absolute Gasteiger partial charge is 0.224 e. The average molecular weight is 241 g/mol. The molecule has 1 fully saturated rings. The van der Waals surface area contributed by atoms with Crippen LogP contribution in [0.25, 0.3) is 0 Å². The molecule has 1 rings (SSSR count). The third-order valence-corrected chi connectivity index (χ3v) is 3.59. The van der Waals surface area contributed by atoms with Crippen molar-refractivity contribution in [3.8, 4) is 0 Å². The summed E-state index contributed by atoms with van der Waals surface area (Å²) in [5, 5.41) is 3.05. The van der Waals surface area contributed by atoms with Crippen molar-refractivity contribution in [1.29, 1.82) is 0 Å². The standard InChI is InChI=1S/C13H27N3O/c1-10(2)7-11(8-14)13(17)15-9-12-5-4-6-16(12)3/h10-12H,4-9,14H2,1-3H3,(H,15,17). The molecule has 17 heavy (non-hydrogen) atoms. The number of likely N-dealkylation sites (tertiary alicyclic amines) is 1. The highest BCUT2D eigenvalue weighted by molar-refractivity contribution is 5.78. The molecule has 0 radical (unpaired) electrons. The first-order chi connectivity index (χ1) is 8.04. The highest BCUT2D eigenvalue weighted by Gasteiger charge is 2.23. The molecule has 1 heterocycles. The Morgan fingerprint density at radius 2 is 2.24 bits per heavy atom. The molecule has 2 atom stereocenters. The molecule has 0 spiro atoms. The van der Waals surface area contributed by atoms with Crippen LogP contribution in [0, 0.1) is 11.8 Å². The van der Waals surface area contributed by atoms with E-state index in [-0.39, 0.29) is 11.8 Å². The third-order valence-electron chi connectivity index (χ3n) is 3.59. The molecule has 0 saturated carbocycles. The highest BCUT2D eigenvalue weighted by atomic mass is 16.1. The Balaban J connectivity index is 2.31. The molecule has 2 unspecified atom stereocenters. The fourth-order valence-corrected chi connectivity index (χ4v) is 2.48. The number of hydrogen-bond donors (Lipinski definition) is 2. The second-order valence-electron chi connectivity index (χ2n) is 5.58. The van der Waals surface area contributed by atoms with Gasteiger partial charge in [0.2, 0.25) is 5.91 Å². The van der Waals surface area contributed by atoms with Gasteiger partial charge in [-0.2, -0.15) is 0 Å². The predicted molar refractivity (Wildman–Crippen MR) is 70.7 cm³/mol. The Hall–Kier alpha value is -0.610. The fourth-order valence-electron chi connectivity index (χ4n) is 2.48. The van der Waals surface area contributed by atoms with Crippen molar-refractivity contribution in [2.45, 2.75) is 39.2 Å². The summed E-state index contributed by atoms with van der Waals surface area (Å²) in [4.78, 5) is 14.3. The van der Waals surface area contributed by atoms with Crippen molar-refractivity contribution in [2.75, 3.05) is 26.7 Å². The van der Waals surface area contributed by atoms with Crippen molar-refractivity contribution in [3.63, 3.8) is 0 Å². The van der Waals surface area contributed by atoms with Crippen LogP contribution in [0.3, 0.4) is 0 Å². The SMILES string of the molecule is CC(C)CC(CN)C(=O)NCC1CCCN1C. The van der Waals surface area contributed by atoms with E-state index in [1.165, 1.54) is 12.8 Å². The zero-order valence-corrected chi connectivity index (χ0v) is 11.4. The van der Waals surface area contributed by atoms with Crippen LogP contribution in [0.5, 0.6) is 0 Å². The Morgan fingerprint density at radius 3 is 2.71 bits per heavy atom. The molecule has 4 heteroatoms. The number of likely N-dealkylation sites (N-methyl/N-ethyl adjacent to an activating group) is 1. The predicted octanol–water partition coefficient (Wildman–Crippen LogP) is 0.818. The van der Waals surface area contributed by atoms with Crippen LogP contribution in [0.2, 0.25) is 0 Å². The van der Waals surface area contributed by atoms with Crippen LogP contribution < -0.4 is 11.1 Å². The largest absolute Gasteiger partial charge is 0.354 e. The van der Waals surface area contributed by atoms with Crippen molar-refractivity contribution >= 4 is 5.91 Å². The van der Waals surface area contributed by atoms with Crippen molar-refractivity contribution < 1.29 is 4.79 Å². The molecule has 1 saturated heterocycles. The first kappa shape index (κ1) is 14.5. The van der Waals surface area contributed by atoms with Gasteiger partial charge in [0.15, 0.2) is 0 Å². The van der Waals surface area contributed by atoms with Gasteiger partial charge in [-0.05, 0) is 38.8 Å². The van der Waals surface area contributed by atoms with Crippen LogP contribution in [-0.4, -0.2) is 43.5 Å². The summed E-state index contributed by atoms with van der Waals surface area (Å²) in [5.41, 5.74) is 5.66. The van der Waals surface area contributed by atoms with Gasteiger partial charge >= 0.3 is 0 Å². The van der Waals surface area contributed by atoms with Gasteiger partial charge in [0.1, 0.15) is 0 Å². The molecule has 0 aromatic carbocycles. The van der Waals surface area contributed by atoms with E-state index in [0.29, 0.717) is 18.5 Å². The quantitative estimate of drug-likeness (QED) is 0.724. The maximum Gasteiger partial charge on any atom is 0.224 e. The first-order valence-corrected chi connectivity index (χ1v) is 6.72. The van der Waals surface area contributed by atoms with Crippen molar-refractivity contribution in [3.05, 3.63) is 0 Å². The number of nitrogens with one attached hydrogen (secondary N) is 1. The molecule has 0 bridgehead atoms. The summed E-state index contributed by atoms with van der Waals surface area (Å²) < 4.78 is 0. The Bertz CT molecular complexity index is 243. The van der Waals surface area contributed by atoms with Gasteiger partial charge < -0.3 is 16.0 Å². The van der Waals surface area contributed by atoms with Crippen LogP contribution in [0.15, 0.2) is 0 Å². The molecular formula is C13H27N3O. The summed E-state index contributed by atoms with van der Waals surface area (Å²) >= 11 is 0. The zero-order chi connectivity index (χ0) is 12.8. The summed E-state index contributed by atoms with van der Waals surface area (Å²) in [6.45, 7) is 6.61. The number of rotatable bonds is 6. The topological polar surface area (TPSA) is 58.4 Å². The first-order valence-electron chi connectivity index (χ1n) is 6.72. The maximum absolute atomic E-state index is 12.0. The lowest BCUT2D eigenvalue weighted by Crippen LogP contribution is -2.42. The molecule has 1 aliphatic rings. The lowest BCUT2D eigenvalue weighted by atomic mass is 9.96. The maximum atomic E-state index is 12.0. The number of carbonyl (C=O) groups excluding carboxylic acids is 1. The van der Waals surface area contributed by atoms with Gasteiger partial charge in [-0.25, -0.2) is 0 Å². The minimum absolute atomic E-state index is 0.0262. The van der Waals surface area contributed by atoms with Gasteiger partial charge in [-0.1, -0.05) is 13.8 Å². The molecule has 100 valence electrons. The second kappa shape index (κ2) is 6.97. The van der Waals surface area contributed by atoms with Crippen molar-refractivity contribution in [2.24, 2.45) is 17.6 Å². The van der Waals surface area contributed by atoms with Gasteiger partial charge in [-0.15, -0.1) is 0 Å². The van der Waals surface area contributed by atoms with Crippen LogP contribution >= 0.6 is 0 Å². The molecule has 0 aliphatic carbocycles. The summed E-state index contributed by atoms with van der Waals surface area (Å²) in [6.07, 6.45) is 3.31. The second-order valence-corrected chi connectivity index (χ2v) is 5.58. The van der Waals surface area contributed by atoms with Crippen molar-refractivity contribution in [1.82, 2.24) is 10.2 Å². The molecule has 4 nitrogen and oxygen atoms in total. The van der Waals surface area contributed by atoms with Crippen LogP contribution in [0.1, 0.15) is 33.1 Å².